The Bertz CT molecular complexity index is 826. The lowest BCUT2D eigenvalue weighted by molar-refractivity contribution is 0.0777. The maximum Gasteiger partial charge on any atom is 0.274 e. The van der Waals surface area contributed by atoms with Crippen molar-refractivity contribution in [2.75, 3.05) is 7.05 Å². The summed E-state index contributed by atoms with van der Waals surface area (Å²) >= 11 is 0. The smallest absolute Gasteiger partial charge is 0.274 e. The summed E-state index contributed by atoms with van der Waals surface area (Å²) in [5, 5.41) is 7.11. The number of aromatic nitrogens is 3. The van der Waals surface area contributed by atoms with Crippen LogP contribution >= 0.6 is 0 Å². The van der Waals surface area contributed by atoms with Gasteiger partial charge in [-0.25, -0.2) is 0 Å². The summed E-state index contributed by atoms with van der Waals surface area (Å²) in [7, 11) is 1.76. The second kappa shape index (κ2) is 7.08. The number of nitrogens with zero attached hydrogens (tertiary/aromatic N) is 3. The first-order valence-corrected chi connectivity index (χ1v) is 7.88. The van der Waals surface area contributed by atoms with Gasteiger partial charge in [-0.3, -0.25) is 14.9 Å². The Balaban J connectivity index is 1.66. The van der Waals surface area contributed by atoms with Crippen LogP contribution in [0.2, 0.25) is 0 Å². The molecule has 0 saturated heterocycles. The van der Waals surface area contributed by atoms with Gasteiger partial charge in [0.25, 0.3) is 5.91 Å². The Morgan fingerprint density at radius 1 is 1.12 bits per heavy atom. The average molecular weight is 320 g/mol. The van der Waals surface area contributed by atoms with E-state index in [2.05, 4.69) is 27.3 Å². The van der Waals surface area contributed by atoms with Crippen molar-refractivity contribution in [2.24, 2.45) is 0 Å². The summed E-state index contributed by atoms with van der Waals surface area (Å²) < 4.78 is 0. The number of hydrogen-bond donors (Lipinski definition) is 1. The SMILES string of the molecule is Cc1cccc(CN(C)C(=O)c2cc(Cc3ccccc3)[nH]n2)n1. The van der Waals surface area contributed by atoms with Crippen LogP contribution in [0.15, 0.2) is 54.6 Å². The molecule has 0 spiro atoms. The number of nitrogens with one attached hydrogen (secondary N) is 1. The van der Waals surface area contributed by atoms with Crippen molar-refractivity contribution >= 4 is 5.91 Å². The zero-order valence-electron chi connectivity index (χ0n) is 13.9. The molecule has 1 amide bonds. The molecular formula is C19H20N4O. The summed E-state index contributed by atoms with van der Waals surface area (Å²) in [6.45, 7) is 2.40. The minimum absolute atomic E-state index is 0.117. The summed E-state index contributed by atoms with van der Waals surface area (Å²) in [5.74, 6) is -0.117. The molecule has 2 aromatic heterocycles. The van der Waals surface area contributed by atoms with Crippen LogP contribution < -0.4 is 0 Å². The lowest BCUT2D eigenvalue weighted by Crippen LogP contribution is -2.27. The standard InChI is InChI=1S/C19H20N4O/c1-14-7-6-10-16(20-14)13-23(2)19(24)18-12-17(21-22-18)11-15-8-4-3-5-9-15/h3-10,12H,11,13H2,1-2H3,(H,21,22). The number of carbonyl (C=O) groups is 1. The van der Waals surface area contributed by atoms with Crippen LogP contribution in [0.1, 0.15) is 33.1 Å². The molecule has 0 bridgehead atoms. The number of hydrogen-bond acceptors (Lipinski definition) is 3. The fraction of sp³-hybridized carbons (Fsp3) is 0.211. The van der Waals surface area contributed by atoms with Gasteiger partial charge < -0.3 is 4.90 Å². The predicted octanol–water partition coefficient (Wildman–Crippen LogP) is 2.98. The molecule has 0 aliphatic heterocycles. The van der Waals surface area contributed by atoms with E-state index in [1.165, 1.54) is 5.56 Å². The maximum absolute atomic E-state index is 12.5. The van der Waals surface area contributed by atoms with Crippen LogP contribution in [0.4, 0.5) is 0 Å². The minimum atomic E-state index is -0.117. The third-order valence-electron chi connectivity index (χ3n) is 3.78. The van der Waals surface area contributed by atoms with Crippen LogP contribution in [-0.2, 0) is 13.0 Å². The molecule has 5 heteroatoms. The number of carbonyl (C=O) groups excluding carboxylic acids is 1. The molecule has 24 heavy (non-hydrogen) atoms. The van der Waals surface area contributed by atoms with Gasteiger partial charge in [-0.1, -0.05) is 36.4 Å². The first-order chi connectivity index (χ1) is 11.6. The van der Waals surface area contributed by atoms with Crippen LogP contribution in [0.25, 0.3) is 0 Å². The zero-order chi connectivity index (χ0) is 16.9. The molecule has 3 aromatic rings. The van der Waals surface area contributed by atoms with Gasteiger partial charge in [0.2, 0.25) is 0 Å². The summed E-state index contributed by atoms with van der Waals surface area (Å²) in [6, 6.07) is 17.7. The fourth-order valence-corrected chi connectivity index (χ4v) is 2.58. The lowest BCUT2D eigenvalue weighted by Gasteiger charge is -2.15. The second-order valence-electron chi connectivity index (χ2n) is 5.87. The molecule has 2 heterocycles. The van der Waals surface area contributed by atoms with Gasteiger partial charge >= 0.3 is 0 Å². The Kier molecular flexibility index (Phi) is 4.70. The van der Waals surface area contributed by atoms with Crippen molar-refractivity contribution in [3.05, 3.63) is 82.9 Å². The third-order valence-corrected chi connectivity index (χ3v) is 3.78. The van der Waals surface area contributed by atoms with Crippen molar-refractivity contribution in [1.29, 1.82) is 0 Å². The van der Waals surface area contributed by atoms with E-state index in [0.717, 1.165) is 23.5 Å². The van der Waals surface area contributed by atoms with Gasteiger partial charge in [0.1, 0.15) is 5.69 Å². The summed E-state index contributed by atoms with van der Waals surface area (Å²) in [6.07, 6.45) is 0.726. The monoisotopic (exact) mass is 320 g/mol. The number of aromatic amines is 1. The van der Waals surface area contributed by atoms with Gasteiger partial charge in [-0.2, -0.15) is 5.10 Å². The number of aryl methyl sites for hydroxylation is 1. The van der Waals surface area contributed by atoms with Gasteiger partial charge in [-0.05, 0) is 30.7 Å². The number of rotatable bonds is 5. The van der Waals surface area contributed by atoms with Crippen molar-refractivity contribution in [1.82, 2.24) is 20.1 Å². The number of benzene rings is 1. The highest BCUT2D eigenvalue weighted by Gasteiger charge is 2.16. The van der Waals surface area contributed by atoms with Gasteiger partial charge in [0, 0.05) is 24.9 Å². The van der Waals surface area contributed by atoms with Crippen molar-refractivity contribution in [2.45, 2.75) is 19.9 Å². The Hall–Kier alpha value is -2.95. The highest BCUT2D eigenvalue weighted by molar-refractivity contribution is 5.92. The van der Waals surface area contributed by atoms with Gasteiger partial charge in [-0.15, -0.1) is 0 Å². The maximum atomic E-state index is 12.5. The molecule has 5 nitrogen and oxygen atoms in total. The molecule has 0 saturated carbocycles. The van der Waals surface area contributed by atoms with E-state index in [0.29, 0.717) is 12.2 Å². The number of H-pyrrole nitrogens is 1. The third kappa shape index (κ3) is 3.87. The first-order valence-electron chi connectivity index (χ1n) is 7.88. The Morgan fingerprint density at radius 2 is 1.92 bits per heavy atom. The zero-order valence-corrected chi connectivity index (χ0v) is 13.9. The van der Waals surface area contributed by atoms with E-state index >= 15 is 0 Å². The average Bonchev–Trinajstić information content (AvgIpc) is 3.03. The number of pyridine rings is 1. The van der Waals surface area contributed by atoms with Gasteiger partial charge in [0.05, 0.1) is 12.2 Å². The van der Waals surface area contributed by atoms with E-state index in [9.17, 15) is 4.79 Å². The minimum Gasteiger partial charge on any atom is -0.334 e. The highest BCUT2D eigenvalue weighted by Crippen LogP contribution is 2.11. The van der Waals surface area contributed by atoms with Crippen molar-refractivity contribution < 1.29 is 4.79 Å². The van der Waals surface area contributed by atoms with Crippen LogP contribution in [-0.4, -0.2) is 33.0 Å². The van der Waals surface area contributed by atoms with E-state index in [-0.39, 0.29) is 5.91 Å². The molecule has 0 aliphatic rings. The van der Waals surface area contributed by atoms with E-state index < -0.39 is 0 Å². The lowest BCUT2D eigenvalue weighted by atomic mass is 10.1. The van der Waals surface area contributed by atoms with Crippen LogP contribution in [0.3, 0.4) is 0 Å². The Morgan fingerprint density at radius 3 is 2.67 bits per heavy atom. The normalized spacial score (nSPS) is 10.6. The molecule has 0 atom stereocenters. The topological polar surface area (TPSA) is 61.9 Å². The molecule has 1 N–H and O–H groups in total. The van der Waals surface area contributed by atoms with Crippen LogP contribution in [0.5, 0.6) is 0 Å². The highest BCUT2D eigenvalue weighted by atomic mass is 16.2. The van der Waals surface area contributed by atoms with Gasteiger partial charge in [0.15, 0.2) is 0 Å². The first kappa shape index (κ1) is 15.9. The van der Waals surface area contributed by atoms with E-state index in [1.54, 1.807) is 11.9 Å². The molecule has 0 aliphatic carbocycles. The van der Waals surface area contributed by atoms with E-state index in [1.807, 2.05) is 49.4 Å². The van der Waals surface area contributed by atoms with Crippen LogP contribution in [0, 0.1) is 6.92 Å². The molecule has 122 valence electrons. The quantitative estimate of drug-likeness (QED) is 0.786. The molecule has 1 aromatic carbocycles. The summed E-state index contributed by atoms with van der Waals surface area (Å²) in [5.41, 5.74) is 4.34. The molecule has 3 rings (SSSR count). The molecule has 0 unspecified atom stereocenters. The molecular weight excluding hydrogens is 300 g/mol. The molecule has 0 radical (unpaired) electrons. The van der Waals surface area contributed by atoms with Crippen molar-refractivity contribution in [3.8, 4) is 0 Å². The van der Waals surface area contributed by atoms with E-state index in [4.69, 9.17) is 0 Å². The Labute approximate surface area is 141 Å². The number of amides is 1. The fourth-order valence-electron chi connectivity index (χ4n) is 2.58. The largest absolute Gasteiger partial charge is 0.334 e. The molecule has 0 fully saturated rings. The van der Waals surface area contributed by atoms with Crippen molar-refractivity contribution in [3.63, 3.8) is 0 Å². The second-order valence-corrected chi connectivity index (χ2v) is 5.87. The predicted molar refractivity (Wildman–Crippen MR) is 92.6 cm³/mol. The summed E-state index contributed by atoms with van der Waals surface area (Å²) in [4.78, 5) is 18.6.